The summed E-state index contributed by atoms with van der Waals surface area (Å²) in [6.07, 6.45) is 3.59. The van der Waals surface area contributed by atoms with Crippen LogP contribution in [0.4, 0.5) is 0 Å². The molecule has 0 bridgehead atoms. The van der Waals surface area contributed by atoms with E-state index in [4.69, 9.17) is 0 Å². The fourth-order valence-electron chi connectivity index (χ4n) is 2.49. The zero-order valence-corrected chi connectivity index (χ0v) is 11.2. The zero-order valence-electron chi connectivity index (χ0n) is 11.2. The number of likely N-dealkylation sites (tertiary alicyclic amines) is 1. The quantitative estimate of drug-likeness (QED) is 0.676. The third-order valence-electron chi connectivity index (χ3n) is 3.47. The molecule has 1 aliphatic heterocycles. The second kappa shape index (κ2) is 6.12. The third kappa shape index (κ3) is 3.51. The van der Waals surface area contributed by atoms with Crippen LogP contribution in [0.15, 0.2) is 6.20 Å². The Hall–Kier alpha value is -1.47. The molecule has 1 aromatic heterocycles. The van der Waals surface area contributed by atoms with Crippen molar-refractivity contribution >= 4 is 5.91 Å². The Morgan fingerprint density at radius 2 is 2.53 bits per heavy atom. The largest absolute Gasteiger partial charge is 0.382 e. The molecule has 19 heavy (non-hydrogen) atoms. The van der Waals surface area contributed by atoms with Crippen molar-refractivity contribution in [3.8, 4) is 0 Å². The van der Waals surface area contributed by atoms with E-state index in [9.17, 15) is 9.90 Å². The van der Waals surface area contributed by atoms with Gasteiger partial charge in [-0.05, 0) is 26.3 Å². The first-order valence-electron chi connectivity index (χ1n) is 6.72. The molecule has 2 heterocycles. The van der Waals surface area contributed by atoms with Gasteiger partial charge in [0.15, 0.2) is 0 Å². The minimum atomic E-state index is -0.952. The molecule has 7 nitrogen and oxygen atoms in total. The summed E-state index contributed by atoms with van der Waals surface area (Å²) in [4.78, 5) is 13.6. The van der Waals surface area contributed by atoms with E-state index in [-0.39, 0.29) is 5.91 Å². The molecule has 1 aromatic rings. The average Bonchev–Trinajstić information content (AvgIpc) is 2.91. The van der Waals surface area contributed by atoms with E-state index in [1.54, 1.807) is 6.20 Å². The van der Waals surface area contributed by atoms with E-state index in [1.807, 2.05) is 6.92 Å². The number of amides is 1. The fourth-order valence-corrected chi connectivity index (χ4v) is 2.49. The van der Waals surface area contributed by atoms with E-state index in [2.05, 4.69) is 25.6 Å². The second-order valence-electron chi connectivity index (χ2n) is 4.97. The number of carbonyl (C=O) groups is 1. The van der Waals surface area contributed by atoms with Gasteiger partial charge in [0, 0.05) is 26.1 Å². The smallest absolute Gasteiger partial charge is 0.221 e. The summed E-state index contributed by atoms with van der Waals surface area (Å²) in [6, 6.07) is 0. The van der Waals surface area contributed by atoms with Crippen LogP contribution in [0.3, 0.4) is 0 Å². The number of piperidine rings is 1. The van der Waals surface area contributed by atoms with Crippen molar-refractivity contribution in [2.75, 3.05) is 26.2 Å². The van der Waals surface area contributed by atoms with Crippen LogP contribution in [0.1, 0.15) is 31.9 Å². The topological polar surface area (TPSA) is 94.1 Å². The lowest BCUT2D eigenvalue weighted by Gasteiger charge is -2.37. The maximum atomic E-state index is 11.4. The highest BCUT2D eigenvalue weighted by Crippen LogP contribution is 2.29. The molecule has 106 valence electrons. The lowest BCUT2D eigenvalue weighted by Crippen LogP contribution is -2.47. The third-order valence-corrected chi connectivity index (χ3v) is 3.47. The Bertz CT molecular complexity index is 408. The molecule has 7 heteroatoms. The van der Waals surface area contributed by atoms with Gasteiger partial charge in [0.2, 0.25) is 5.91 Å². The molecule has 1 unspecified atom stereocenters. The number of H-pyrrole nitrogens is 1. The first-order valence-corrected chi connectivity index (χ1v) is 6.72. The number of aromatic amines is 1. The minimum Gasteiger partial charge on any atom is -0.382 e. The van der Waals surface area contributed by atoms with Crippen LogP contribution < -0.4 is 5.32 Å². The van der Waals surface area contributed by atoms with Crippen molar-refractivity contribution in [2.45, 2.75) is 31.8 Å². The van der Waals surface area contributed by atoms with Gasteiger partial charge >= 0.3 is 0 Å². The van der Waals surface area contributed by atoms with Crippen molar-refractivity contribution in [1.29, 1.82) is 0 Å². The van der Waals surface area contributed by atoms with Crippen LogP contribution >= 0.6 is 0 Å². The average molecular weight is 267 g/mol. The highest BCUT2D eigenvalue weighted by Gasteiger charge is 2.36. The van der Waals surface area contributed by atoms with E-state index in [1.165, 1.54) is 0 Å². The van der Waals surface area contributed by atoms with Gasteiger partial charge in [-0.25, -0.2) is 0 Å². The molecule has 1 atom stereocenters. The van der Waals surface area contributed by atoms with Crippen LogP contribution in [0.5, 0.6) is 0 Å². The van der Waals surface area contributed by atoms with E-state index >= 15 is 0 Å². The summed E-state index contributed by atoms with van der Waals surface area (Å²) in [5.41, 5.74) is -0.373. The van der Waals surface area contributed by atoms with Crippen LogP contribution in [-0.4, -0.2) is 57.5 Å². The molecule has 0 saturated carbocycles. The van der Waals surface area contributed by atoms with Gasteiger partial charge in [0.05, 0.1) is 6.20 Å². The van der Waals surface area contributed by atoms with Gasteiger partial charge in [-0.3, -0.25) is 9.69 Å². The number of aromatic nitrogens is 3. The summed E-state index contributed by atoms with van der Waals surface area (Å²) in [7, 11) is 0. The molecule has 0 aliphatic carbocycles. The van der Waals surface area contributed by atoms with Gasteiger partial charge in [0.25, 0.3) is 0 Å². The number of β-amino-alcohol motifs (C(OH)–C–C–N with tert-alkyl or cyclic N) is 1. The van der Waals surface area contributed by atoms with Crippen molar-refractivity contribution in [1.82, 2.24) is 25.6 Å². The Morgan fingerprint density at radius 3 is 3.21 bits per heavy atom. The zero-order chi connectivity index (χ0) is 13.7. The molecule has 3 N–H and O–H groups in total. The fraction of sp³-hybridized carbons (Fsp3) is 0.750. The molecular formula is C12H21N5O2. The number of nitrogens with one attached hydrogen (secondary N) is 2. The molecule has 1 fully saturated rings. The monoisotopic (exact) mass is 267 g/mol. The van der Waals surface area contributed by atoms with Gasteiger partial charge in [0.1, 0.15) is 11.3 Å². The Labute approximate surface area is 112 Å². The SMILES string of the molecule is CCNC(=O)CCN1CCCC(O)(c2cn[nH]n2)C1. The normalized spacial score (nSPS) is 24.3. The summed E-state index contributed by atoms with van der Waals surface area (Å²) >= 11 is 0. The van der Waals surface area contributed by atoms with Crippen molar-refractivity contribution in [3.63, 3.8) is 0 Å². The lowest BCUT2D eigenvalue weighted by molar-refractivity contribution is -0.121. The maximum Gasteiger partial charge on any atom is 0.221 e. The van der Waals surface area contributed by atoms with E-state index in [0.717, 1.165) is 13.0 Å². The van der Waals surface area contributed by atoms with E-state index in [0.29, 0.717) is 38.2 Å². The maximum absolute atomic E-state index is 11.4. The number of aliphatic hydroxyl groups is 1. The van der Waals surface area contributed by atoms with Crippen LogP contribution in [0, 0.1) is 0 Å². The van der Waals surface area contributed by atoms with Crippen molar-refractivity contribution in [3.05, 3.63) is 11.9 Å². The van der Waals surface area contributed by atoms with Crippen LogP contribution in [-0.2, 0) is 10.4 Å². The molecule has 1 amide bonds. The summed E-state index contributed by atoms with van der Waals surface area (Å²) in [6.45, 7) is 4.62. The van der Waals surface area contributed by atoms with Crippen molar-refractivity contribution < 1.29 is 9.90 Å². The van der Waals surface area contributed by atoms with Crippen LogP contribution in [0.2, 0.25) is 0 Å². The minimum absolute atomic E-state index is 0.0537. The number of carbonyl (C=O) groups excluding carboxylic acids is 1. The molecule has 1 saturated heterocycles. The number of hydrogen-bond donors (Lipinski definition) is 3. The molecule has 1 aliphatic rings. The number of nitrogens with zero attached hydrogens (tertiary/aromatic N) is 3. The predicted molar refractivity (Wildman–Crippen MR) is 69.3 cm³/mol. The van der Waals surface area contributed by atoms with Gasteiger partial charge in [-0.2, -0.15) is 15.4 Å². The highest BCUT2D eigenvalue weighted by atomic mass is 16.3. The Balaban J connectivity index is 1.89. The molecule has 0 spiro atoms. The standard InChI is InChI=1S/C12H21N5O2/c1-2-13-11(18)4-7-17-6-3-5-12(19,9-17)10-8-14-16-15-10/h8,19H,2-7,9H2,1H3,(H,13,18)(H,14,15,16). The molecule has 2 rings (SSSR count). The van der Waals surface area contributed by atoms with Gasteiger partial charge in [-0.1, -0.05) is 0 Å². The highest BCUT2D eigenvalue weighted by molar-refractivity contribution is 5.75. The second-order valence-corrected chi connectivity index (χ2v) is 4.97. The first kappa shape index (κ1) is 14.0. The first-order chi connectivity index (χ1) is 9.14. The molecule has 0 aromatic carbocycles. The molecular weight excluding hydrogens is 246 g/mol. The van der Waals surface area contributed by atoms with E-state index < -0.39 is 5.60 Å². The summed E-state index contributed by atoms with van der Waals surface area (Å²) in [5, 5.41) is 23.6. The summed E-state index contributed by atoms with van der Waals surface area (Å²) in [5.74, 6) is 0.0537. The predicted octanol–water partition coefficient (Wildman–Crippen LogP) is -0.386. The lowest BCUT2D eigenvalue weighted by atomic mass is 9.90. The van der Waals surface area contributed by atoms with Gasteiger partial charge < -0.3 is 10.4 Å². The number of rotatable bonds is 5. The Kier molecular flexibility index (Phi) is 4.49. The van der Waals surface area contributed by atoms with Crippen LogP contribution in [0.25, 0.3) is 0 Å². The molecule has 0 radical (unpaired) electrons. The Morgan fingerprint density at radius 1 is 1.68 bits per heavy atom. The van der Waals surface area contributed by atoms with Crippen molar-refractivity contribution in [2.24, 2.45) is 0 Å². The van der Waals surface area contributed by atoms with Gasteiger partial charge in [-0.15, -0.1) is 0 Å². The number of hydrogen-bond acceptors (Lipinski definition) is 5. The summed E-state index contributed by atoms with van der Waals surface area (Å²) < 4.78 is 0.